The minimum Gasteiger partial charge on any atom is -0.467 e. The third-order valence-corrected chi connectivity index (χ3v) is 3.86. The van der Waals surface area contributed by atoms with Crippen molar-refractivity contribution in [1.82, 2.24) is 10.2 Å². The lowest BCUT2D eigenvalue weighted by Gasteiger charge is -2.39. The molecular formula is C13H25ClN2O3. The Hall–Kier alpha value is -0.360. The molecule has 2 fully saturated rings. The molecule has 0 saturated carbocycles. The molecule has 6 heteroatoms. The van der Waals surface area contributed by atoms with Crippen LogP contribution < -0.4 is 5.32 Å². The Kier molecular flexibility index (Phi) is 6.05. The number of hydrogen-bond donors (Lipinski definition) is 1. The molecule has 0 aliphatic carbocycles. The number of nitrogens with zero attached hydrogens (tertiary/aromatic N) is 1. The molecule has 0 aromatic heterocycles. The van der Waals surface area contributed by atoms with Gasteiger partial charge in [-0.1, -0.05) is 6.92 Å². The predicted octanol–water partition coefficient (Wildman–Crippen LogP) is 0.670. The molecule has 1 N–H and O–H groups in total. The lowest BCUT2D eigenvalue weighted by molar-refractivity contribution is -0.167. The average molecular weight is 293 g/mol. The number of hydrogen-bond acceptors (Lipinski definition) is 5. The van der Waals surface area contributed by atoms with E-state index in [1.807, 2.05) is 6.92 Å². The molecule has 3 atom stereocenters. The van der Waals surface area contributed by atoms with E-state index < -0.39 is 6.10 Å². The van der Waals surface area contributed by atoms with Crippen molar-refractivity contribution in [3.8, 4) is 0 Å². The first-order valence-corrected chi connectivity index (χ1v) is 6.69. The molecule has 2 rings (SSSR count). The van der Waals surface area contributed by atoms with Gasteiger partial charge in [0.05, 0.1) is 13.2 Å². The van der Waals surface area contributed by atoms with Crippen molar-refractivity contribution in [3.63, 3.8) is 0 Å². The molecule has 5 nitrogen and oxygen atoms in total. The second-order valence-electron chi connectivity index (χ2n) is 5.89. The summed E-state index contributed by atoms with van der Waals surface area (Å²) in [6.07, 6.45) is 0.847. The van der Waals surface area contributed by atoms with Gasteiger partial charge in [-0.2, -0.15) is 0 Å². The van der Waals surface area contributed by atoms with Gasteiger partial charge in [-0.05, 0) is 25.3 Å². The maximum absolute atomic E-state index is 11.6. The smallest absolute Gasteiger partial charge is 0.336 e. The van der Waals surface area contributed by atoms with Crippen LogP contribution in [0.4, 0.5) is 0 Å². The van der Waals surface area contributed by atoms with Crippen LogP contribution in [-0.4, -0.2) is 62.9 Å². The Morgan fingerprint density at radius 1 is 1.53 bits per heavy atom. The first-order chi connectivity index (χ1) is 8.52. The number of carbonyl (C=O) groups excluding carboxylic acids is 1. The van der Waals surface area contributed by atoms with Crippen molar-refractivity contribution in [3.05, 3.63) is 0 Å². The zero-order valence-corrected chi connectivity index (χ0v) is 12.8. The quantitative estimate of drug-likeness (QED) is 0.775. The second kappa shape index (κ2) is 6.88. The molecule has 112 valence electrons. The van der Waals surface area contributed by atoms with Crippen molar-refractivity contribution in [2.75, 3.05) is 39.8 Å². The third kappa shape index (κ3) is 4.31. The highest BCUT2D eigenvalue weighted by molar-refractivity contribution is 5.85. The van der Waals surface area contributed by atoms with Crippen LogP contribution in [-0.2, 0) is 14.3 Å². The van der Waals surface area contributed by atoms with Gasteiger partial charge in [-0.25, -0.2) is 4.79 Å². The topological polar surface area (TPSA) is 50.8 Å². The first-order valence-electron chi connectivity index (χ1n) is 6.69. The summed E-state index contributed by atoms with van der Waals surface area (Å²) < 4.78 is 10.4. The zero-order valence-electron chi connectivity index (χ0n) is 12.0. The summed E-state index contributed by atoms with van der Waals surface area (Å²) >= 11 is 0. The fraction of sp³-hybridized carbons (Fsp3) is 0.923. The minimum atomic E-state index is -0.434. The van der Waals surface area contributed by atoms with Gasteiger partial charge >= 0.3 is 5.97 Å². The molecule has 2 aliphatic rings. The van der Waals surface area contributed by atoms with Crippen molar-refractivity contribution in [2.45, 2.75) is 32.5 Å². The Labute approximate surface area is 121 Å². The van der Waals surface area contributed by atoms with E-state index >= 15 is 0 Å². The van der Waals surface area contributed by atoms with E-state index in [2.05, 4.69) is 17.1 Å². The molecule has 0 aromatic rings. The van der Waals surface area contributed by atoms with E-state index in [4.69, 9.17) is 9.47 Å². The van der Waals surface area contributed by atoms with Gasteiger partial charge in [0, 0.05) is 26.2 Å². The Morgan fingerprint density at radius 3 is 2.84 bits per heavy atom. The number of esters is 1. The monoisotopic (exact) mass is 292 g/mol. The number of ether oxygens (including phenoxy) is 2. The molecule has 1 unspecified atom stereocenters. The Balaban J connectivity index is 0.00000180. The highest BCUT2D eigenvalue weighted by atomic mass is 35.5. The molecule has 0 radical (unpaired) electrons. The summed E-state index contributed by atoms with van der Waals surface area (Å²) in [5.74, 6) is -0.263. The minimum absolute atomic E-state index is 0. The number of nitrogens with one attached hydrogen (secondary N) is 1. The molecule has 19 heavy (non-hydrogen) atoms. The lowest BCUT2D eigenvalue weighted by atomic mass is 9.89. The van der Waals surface area contributed by atoms with Crippen LogP contribution in [0.1, 0.15) is 20.3 Å². The lowest BCUT2D eigenvalue weighted by Crippen LogP contribution is -2.52. The normalized spacial score (nSPS) is 35.7. The van der Waals surface area contributed by atoms with E-state index in [0.717, 1.165) is 26.2 Å². The highest BCUT2D eigenvalue weighted by Gasteiger charge is 2.36. The standard InChI is InChI=1S/C13H24N2O3.ClH/c1-10-6-15(7-11(18-10)12(16)17-3)9-13(2)4-5-14-8-13;/h10-11,14H,4-9H2,1-3H3;1H/t10-,11-,13?;/m1./s1. The molecule has 2 aliphatic heterocycles. The highest BCUT2D eigenvalue weighted by Crippen LogP contribution is 2.27. The molecule has 0 bridgehead atoms. The van der Waals surface area contributed by atoms with Crippen LogP contribution in [0.2, 0.25) is 0 Å². The van der Waals surface area contributed by atoms with Crippen LogP contribution in [0.3, 0.4) is 0 Å². The summed E-state index contributed by atoms with van der Waals surface area (Å²) in [5.41, 5.74) is 0.317. The van der Waals surface area contributed by atoms with Crippen LogP contribution in [0.15, 0.2) is 0 Å². The van der Waals surface area contributed by atoms with Crippen molar-refractivity contribution >= 4 is 18.4 Å². The van der Waals surface area contributed by atoms with E-state index in [-0.39, 0.29) is 24.5 Å². The van der Waals surface area contributed by atoms with Gasteiger partial charge in [0.25, 0.3) is 0 Å². The van der Waals surface area contributed by atoms with Gasteiger partial charge < -0.3 is 14.8 Å². The Bertz CT molecular complexity index is 308. The van der Waals surface area contributed by atoms with E-state index in [0.29, 0.717) is 12.0 Å². The number of methoxy groups -OCH3 is 1. The van der Waals surface area contributed by atoms with Crippen molar-refractivity contribution < 1.29 is 14.3 Å². The van der Waals surface area contributed by atoms with Crippen molar-refractivity contribution in [2.24, 2.45) is 5.41 Å². The Morgan fingerprint density at radius 2 is 2.26 bits per heavy atom. The summed E-state index contributed by atoms with van der Waals surface area (Å²) in [6, 6.07) is 0. The van der Waals surface area contributed by atoms with E-state index in [9.17, 15) is 4.79 Å². The van der Waals surface area contributed by atoms with E-state index in [1.165, 1.54) is 13.5 Å². The van der Waals surface area contributed by atoms with Gasteiger partial charge in [0.2, 0.25) is 0 Å². The second-order valence-corrected chi connectivity index (χ2v) is 5.89. The molecule has 2 saturated heterocycles. The predicted molar refractivity (Wildman–Crippen MR) is 75.6 cm³/mol. The fourth-order valence-corrected chi connectivity index (χ4v) is 2.97. The molecule has 0 spiro atoms. The fourth-order valence-electron chi connectivity index (χ4n) is 2.97. The molecule has 2 heterocycles. The van der Waals surface area contributed by atoms with Gasteiger partial charge in [-0.3, -0.25) is 4.90 Å². The van der Waals surface area contributed by atoms with Gasteiger partial charge in [0.15, 0.2) is 6.10 Å². The summed E-state index contributed by atoms with van der Waals surface area (Å²) in [7, 11) is 1.41. The van der Waals surface area contributed by atoms with E-state index in [1.54, 1.807) is 0 Å². The average Bonchev–Trinajstić information content (AvgIpc) is 2.73. The van der Waals surface area contributed by atoms with Gasteiger partial charge in [-0.15, -0.1) is 12.4 Å². The number of carbonyl (C=O) groups is 1. The van der Waals surface area contributed by atoms with Crippen LogP contribution in [0, 0.1) is 5.41 Å². The van der Waals surface area contributed by atoms with Gasteiger partial charge in [0.1, 0.15) is 0 Å². The molecular weight excluding hydrogens is 268 g/mol. The molecule has 0 aromatic carbocycles. The van der Waals surface area contributed by atoms with Crippen LogP contribution in [0.5, 0.6) is 0 Å². The summed E-state index contributed by atoms with van der Waals surface area (Å²) in [5, 5.41) is 3.41. The number of rotatable bonds is 3. The molecule has 0 amide bonds. The number of halogens is 1. The maximum Gasteiger partial charge on any atom is 0.336 e. The summed E-state index contributed by atoms with van der Waals surface area (Å²) in [6.45, 7) is 9.02. The number of morpholine rings is 1. The first kappa shape index (κ1) is 16.7. The van der Waals surface area contributed by atoms with Crippen molar-refractivity contribution in [1.29, 1.82) is 0 Å². The van der Waals surface area contributed by atoms with Crippen LogP contribution >= 0.6 is 12.4 Å². The SMILES string of the molecule is COC(=O)[C@H]1CN(CC2(C)CCNC2)C[C@@H](C)O1.Cl. The van der Waals surface area contributed by atoms with Crippen LogP contribution in [0.25, 0.3) is 0 Å². The third-order valence-electron chi connectivity index (χ3n) is 3.86. The zero-order chi connectivity index (χ0) is 13.2. The largest absolute Gasteiger partial charge is 0.467 e. The maximum atomic E-state index is 11.6. The summed E-state index contributed by atoms with van der Waals surface area (Å²) in [4.78, 5) is 13.9.